The fourth-order valence-electron chi connectivity index (χ4n) is 2.63. The summed E-state index contributed by atoms with van der Waals surface area (Å²) in [5, 5.41) is 10.9. The number of benzene rings is 1. The molecule has 0 atom stereocenters. The molecule has 34 heavy (non-hydrogen) atoms. The average molecular weight is 533 g/mol. The summed E-state index contributed by atoms with van der Waals surface area (Å²) in [4.78, 5) is 24.9. The standard InChI is InChI=1S/C18H12Cl2F6N4O4/c1-3-33-15(31)29(16(32)34-4-2)14-9(7-27)13(18(24,25)26)28-30(14)12-10(19)5-8(6-11(12)20)17(21,22)23/h5-6H,3-4H2,1-2H3. The maximum absolute atomic E-state index is 13.6. The van der Waals surface area contributed by atoms with Crippen LogP contribution in [0.5, 0.6) is 0 Å². The molecule has 0 unspecified atom stereocenters. The fourth-order valence-corrected chi connectivity index (χ4v) is 3.28. The van der Waals surface area contributed by atoms with Crippen LogP contribution in [0.1, 0.15) is 30.7 Å². The zero-order valence-electron chi connectivity index (χ0n) is 17.0. The lowest BCUT2D eigenvalue weighted by atomic mass is 10.2. The van der Waals surface area contributed by atoms with Crippen molar-refractivity contribution in [3.8, 4) is 11.8 Å². The van der Waals surface area contributed by atoms with E-state index in [1.165, 1.54) is 19.9 Å². The van der Waals surface area contributed by atoms with Crippen LogP contribution in [0, 0.1) is 11.3 Å². The largest absolute Gasteiger partial charge is 0.449 e. The summed E-state index contributed by atoms with van der Waals surface area (Å²) in [7, 11) is 0. The number of nitrogens with zero attached hydrogens (tertiary/aromatic N) is 4. The number of carbonyl (C=O) groups is 2. The molecule has 0 saturated heterocycles. The lowest BCUT2D eigenvalue weighted by Gasteiger charge is -2.21. The van der Waals surface area contributed by atoms with E-state index in [0.29, 0.717) is 12.1 Å². The normalized spacial score (nSPS) is 11.7. The molecule has 2 aromatic rings. The van der Waals surface area contributed by atoms with Crippen molar-refractivity contribution in [1.29, 1.82) is 5.26 Å². The quantitative estimate of drug-likeness (QED) is 0.434. The van der Waals surface area contributed by atoms with Crippen molar-refractivity contribution in [2.24, 2.45) is 0 Å². The zero-order valence-corrected chi connectivity index (χ0v) is 18.5. The van der Waals surface area contributed by atoms with Crippen LogP contribution in [0.3, 0.4) is 0 Å². The van der Waals surface area contributed by atoms with Crippen molar-refractivity contribution in [3.63, 3.8) is 0 Å². The third-order valence-electron chi connectivity index (χ3n) is 3.91. The summed E-state index contributed by atoms with van der Waals surface area (Å²) < 4.78 is 89.7. The van der Waals surface area contributed by atoms with Gasteiger partial charge < -0.3 is 9.47 Å². The number of imide groups is 1. The summed E-state index contributed by atoms with van der Waals surface area (Å²) in [6, 6.07) is 1.86. The van der Waals surface area contributed by atoms with Gasteiger partial charge in [-0.05, 0) is 26.0 Å². The van der Waals surface area contributed by atoms with Gasteiger partial charge in [-0.2, -0.15) is 41.6 Å². The molecule has 16 heteroatoms. The van der Waals surface area contributed by atoms with Gasteiger partial charge in [0.2, 0.25) is 0 Å². The van der Waals surface area contributed by atoms with Crippen LogP contribution in [0.2, 0.25) is 10.0 Å². The summed E-state index contributed by atoms with van der Waals surface area (Å²) in [5.74, 6) is -1.16. The Labute approximate surface area is 197 Å². The van der Waals surface area contributed by atoms with Gasteiger partial charge in [0.05, 0.1) is 28.8 Å². The molecule has 0 fully saturated rings. The third-order valence-corrected chi connectivity index (χ3v) is 4.49. The van der Waals surface area contributed by atoms with Gasteiger partial charge in [0, 0.05) is 0 Å². The molecule has 2 amide bonds. The molecule has 1 aromatic heterocycles. The SMILES string of the molecule is CCOC(=O)N(C(=O)OCC)c1c(C#N)c(C(F)(F)F)nn1-c1c(Cl)cc(C(F)(F)F)cc1Cl. The summed E-state index contributed by atoms with van der Waals surface area (Å²) in [5.41, 5.74) is -5.35. The molecule has 0 radical (unpaired) electrons. The van der Waals surface area contributed by atoms with Crippen molar-refractivity contribution in [2.45, 2.75) is 26.2 Å². The van der Waals surface area contributed by atoms with Crippen LogP contribution in [-0.2, 0) is 21.8 Å². The highest BCUT2D eigenvalue weighted by Crippen LogP contribution is 2.42. The van der Waals surface area contributed by atoms with Crippen molar-refractivity contribution in [1.82, 2.24) is 9.78 Å². The number of ether oxygens (including phenoxy) is 2. The van der Waals surface area contributed by atoms with E-state index in [0.717, 1.165) is 0 Å². The molecule has 8 nitrogen and oxygen atoms in total. The van der Waals surface area contributed by atoms with E-state index in [-0.39, 0.29) is 22.8 Å². The van der Waals surface area contributed by atoms with Crippen molar-refractivity contribution in [2.75, 3.05) is 18.1 Å². The lowest BCUT2D eigenvalue weighted by Crippen LogP contribution is -2.40. The van der Waals surface area contributed by atoms with Crippen molar-refractivity contribution >= 4 is 41.2 Å². The smallest absolute Gasteiger partial charge is 0.436 e. The molecule has 1 heterocycles. The number of amides is 2. The van der Waals surface area contributed by atoms with E-state index in [1.807, 2.05) is 0 Å². The Balaban J connectivity index is 3.00. The molecule has 1 aromatic carbocycles. The van der Waals surface area contributed by atoms with Crippen LogP contribution in [-0.4, -0.2) is 35.2 Å². The van der Waals surface area contributed by atoms with E-state index in [4.69, 9.17) is 23.2 Å². The molecule has 0 aliphatic rings. The molecular formula is C18H12Cl2F6N4O4. The van der Waals surface area contributed by atoms with Gasteiger partial charge in [-0.1, -0.05) is 23.2 Å². The Morgan fingerprint density at radius 1 is 1.03 bits per heavy atom. The van der Waals surface area contributed by atoms with E-state index in [9.17, 15) is 41.2 Å². The molecule has 184 valence electrons. The molecule has 2 rings (SSSR count). The zero-order chi connectivity index (χ0) is 26.0. The Morgan fingerprint density at radius 2 is 1.50 bits per heavy atom. The molecule has 0 aliphatic carbocycles. The monoisotopic (exact) mass is 532 g/mol. The highest BCUT2D eigenvalue weighted by Gasteiger charge is 2.44. The number of aromatic nitrogens is 2. The van der Waals surface area contributed by atoms with Crippen molar-refractivity contribution in [3.05, 3.63) is 39.0 Å². The van der Waals surface area contributed by atoms with E-state index in [1.54, 1.807) is 0 Å². The first kappa shape index (κ1) is 27.1. The minimum atomic E-state index is -5.30. The fraction of sp³-hybridized carbons (Fsp3) is 0.333. The van der Waals surface area contributed by atoms with Crippen LogP contribution in [0.25, 0.3) is 5.69 Å². The Kier molecular flexibility index (Phi) is 7.94. The second-order valence-corrected chi connectivity index (χ2v) is 6.90. The van der Waals surface area contributed by atoms with E-state index in [2.05, 4.69) is 14.6 Å². The number of anilines is 1. The van der Waals surface area contributed by atoms with Crippen LogP contribution >= 0.6 is 23.2 Å². The van der Waals surface area contributed by atoms with E-state index >= 15 is 0 Å². The van der Waals surface area contributed by atoms with Crippen LogP contribution < -0.4 is 4.90 Å². The van der Waals surface area contributed by atoms with Gasteiger partial charge in [0.15, 0.2) is 11.5 Å². The Morgan fingerprint density at radius 3 is 1.85 bits per heavy atom. The number of halogens is 8. The van der Waals surface area contributed by atoms with Gasteiger partial charge in [-0.15, -0.1) is 0 Å². The molecule has 0 saturated carbocycles. The average Bonchev–Trinajstić information content (AvgIpc) is 3.06. The predicted molar refractivity (Wildman–Crippen MR) is 105 cm³/mol. The van der Waals surface area contributed by atoms with Crippen LogP contribution in [0.15, 0.2) is 12.1 Å². The number of hydrogen-bond donors (Lipinski definition) is 0. The predicted octanol–water partition coefficient (Wildman–Crippen LogP) is 6.21. The van der Waals surface area contributed by atoms with Crippen molar-refractivity contribution < 1.29 is 45.4 Å². The Hall–Kier alpha value is -3.18. The number of carbonyl (C=O) groups excluding carboxylic acids is 2. The first-order valence-electron chi connectivity index (χ1n) is 8.99. The van der Waals surface area contributed by atoms with Gasteiger partial charge in [-0.3, -0.25) is 0 Å². The molecule has 0 bridgehead atoms. The molecule has 0 N–H and O–H groups in total. The third kappa shape index (κ3) is 5.31. The highest BCUT2D eigenvalue weighted by atomic mass is 35.5. The maximum atomic E-state index is 13.6. The van der Waals surface area contributed by atoms with Crippen LogP contribution in [0.4, 0.5) is 41.7 Å². The summed E-state index contributed by atoms with van der Waals surface area (Å²) in [6.45, 7) is 1.93. The van der Waals surface area contributed by atoms with Gasteiger partial charge in [0.1, 0.15) is 17.3 Å². The second kappa shape index (κ2) is 9.98. The topological polar surface area (TPSA) is 97.4 Å². The minimum Gasteiger partial charge on any atom is -0.449 e. The first-order valence-corrected chi connectivity index (χ1v) is 9.75. The molecular weight excluding hydrogens is 521 g/mol. The maximum Gasteiger partial charge on any atom is 0.436 e. The second-order valence-electron chi connectivity index (χ2n) is 6.09. The summed E-state index contributed by atoms with van der Waals surface area (Å²) in [6.07, 6.45) is -13.3. The lowest BCUT2D eigenvalue weighted by molar-refractivity contribution is -0.141. The van der Waals surface area contributed by atoms with Gasteiger partial charge >= 0.3 is 24.5 Å². The molecule has 0 spiro atoms. The summed E-state index contributed by atoms with van der Waals surface area (Å²) >= 11 is 11.8. The minimum absolute atomic E-state index is 0.0713. The number of nitriles is 1. The number of hydrogen-bond acceptors (Lipinski definition) is 6. The van der Waals surface area contributed by atoms with E-state index < -0.39 is 62.9 Å². The highest BCUT2D eigenvalue weighted by molar-refractivity contribution is 6.38. The molecule has 0 aliphatic heterocycles. The number of alkyl halides is 6. The first-order chi connectivity index (χ1) is 15.7. The van der Waals surface area contributed by atoms with Gasteiger partial charge in [0.25, 0.3) is 0 Å². The van der Waals surface area contributed by atoms with Gasteiger partial charge in [-0.25, -0.2) is 14.3 Å². The number of rotatable bonds is 4. The Bertz CT molecular complexity index is 1120.